The molecule has 7 rings (SSSR count). The van der Waals surface area contributed by atoms with Gasteiger partial charge < -0.3 is 4.74 Å². The molecule has 1 nitrogen and oxygen atoms in total. The second-order valence-corrected chi connectivity index (χ2v) is 11.2. The molecule has 0 aliphatic rings. The molecular weight excluding hydrogens is 544 g/mol. The lowest BCUT2D eigenvalue weighted by molar-refractivity contribution is 0.361. The van der Waals surface area contributed by atoms with Crippen molar-refractivity contribution in [2.45, 2.75) is 6.42 Å². The van der Waals surface area contributed by atoms with Crippen molar-refractivity contribution in [2.24, 2.45) is 0 Å². The maximum atomic E-state index is 6.55. The Bertz CT molecular complexity index is 2080. The minimum absolute atomic E-state index is 0.414. The van der Waals surface area contributed by atoms with Crippen LogP contribution in [0.2, 0.25) is 0 Å². The minimum atomic E-state index is 0.414. The molecule has 45 heavy (non-hydrogen) atoms. The van der Waals surface area contributed by atoms with Crippen molar-refractivity contribution in [1.29, 1.82) is 0 Å². The summed E-state index contributed by atoms with van der Waals surface area (Å²) in [4.78, 5) is 0. The van der Waals surface area contributed by atoms with E-state index in [0.717, 1.165) is 28.0 Å². The third-order valence-electron chi connectivity index (χ3n) is 8.52. The largest absolute Gasteiger partial charge is 0.489 e. The Hall–Kier alpha value is -5.66. The predicted octanol–water partition coefficient (Wildman–Crippen LogP) is 12.0. The number of rotatable bonds is 9. The van der Waals surface area contributed by atoms with Gasteiger partial charge in [0.05, 0.1) is 0 Å². The molecule has 0 aromatic heterocycles. The third kappa shape index (κ3) is 5.24. The van der Waals surface area contributed by atoms with Crippen LogP contribution in [0.4, 0.5) is 0 Å². The van der Waals surface area contributed by atoms with Crippen molar-refractivity contribution in [1.82, 2.24) is 0 Å². The van der Waals surface area contributed by atoms with E-state index in [-0.39, 0.29) is 0 Å². The number of benzene rings is 7. The van der Waals surface area contributed by atoms with Gasteiger partial charge in [0, 0.05) is 11.1 Å². The van der Waals surface area contributed by atoms with Crippen molar-refractivity contribution < 1.29 is 4.74 Å². The fraction of sp³-hybridized carbons (Fsp3) is 0.0455. The molecule has 216 valence electrons. The fourth-order valence-electron chi connectivity index (χ4n) is 6.55. The Morgan fingerprint density at radius 1 is 0.422 bits per heavy atom. The summed E-state index contributed by atoms with van der Waals surface area (Å²) < 4.78 is 6.55. The van der Waals surface area contributed by atoms with Crippen LogP contribution in [0.5, 0.6) is 5.75 Å². The Morgan fingerprint density at radius 3 is 1.44 bits per heavy atom. The number of fused-ring (bicyclic) bond motifs is 2. The van der Waals surface area contributed by atoms with Gasteiger partial charge in [-0.2, -0.15) is 0 Å². The van der Waals surface area contributed by atoms with Crippen molar-refractivity contribution >= 4 is 21.5 Å². The van der Waals surface area contributed by atoms with Crippen molar-refractivity contribution in [3.8, 4) is 50.3 Å². The van der Waals surface area contributed by atoms with Gasteiger partial charge in [-0.1, -0.05) is 164 Å². The molecule has 1 heteroatoms. The normalized spacial score (nSPS) is 11.0. The summed E-state index contributed by atoms with van der Waals surface area (Å²) in [6, 6.07) is 52.0. The molecule has 7 aromatic rings. The molecule has 0 fully saturated rings. The number of allylic oxidation sites excluding steroid dienone is 1. The topological polar surface area (TPSA) is 9.23 Å². The summed E-state index contributed by atoms with van der Waals surface area (Å²) in [5.74, 6) is 0.875. The van der Waals surface area contributed by atoms with Gasteiger partial charge >= 0.3 is 0 Å². The zero-order valence-corrected chi connectivity index (χ0v) is 25.2. The van der Waals surface area contributed by atoms with Crippen LogP contribution in [-0.4, -0.2) is 6.61 Å². The average Bonchev–Trinajstić information content (AvgIpc) is 3.11. The number of hydrogen-bond donors (Lipinski definition) is 0. The second-order valence-electron chi connectivity index (χ2n) is 11.2. The van der Waals surface area contributed by atoms with E-state index in [1.165, 1.54) is 49.4 Å². The van der Waals surface area contributed by atoms with Gasteiger partial charge in [-0.15, -0.1) is 6.58 Å². The highest BCUT2D eigenvalue weighted by Gasteiger charge is 2.22. The number of hydrogen-bond acceptors (Lipinski definition) is 1. The highest BCUT2D eigenvalue weighted by atomic mass is 16.5. The summed E-state index contributed by atoms with van der Waals surface area (Å²) in [5, 5.41) is 4.90. The van der Waals surface area contributed by atoms with Crippen molar-refractivity contribution in [3.63, 3.8) is 0 Å². The molecule has 0 aliphatic carbocycles. The lowest BCUT2D eigenvalue weighted by Crippen LogP contribution is -2.02. The molecule has 0 N–H and O–H groups in total. The van der Waals surface area contributed by atoms with E-state index in [9.17, 15) is 0 Å². The maximum absolute atomic E-state index is 6.55. The fourth-order valence-corrected chi connectivity index (χ4v) is 6.55. The zero-order chi connectivity index (χ0) is 30.6. The van der Waals surface area contributed by atoms with Crippen LogP contribution < -0.4 is 4.74 Å². The summed E-state index contributed by atoms with van der Waals surface area (Å²) in [6.45, 7) is 8.53. The molecule has 7 aromatic carbocycles. The Labute approximate surface area is 265 Å². The lowest BCUT2D eigenvalue weighted by Gasteiger charge is -2.22. The minimum Gasteiger partial charge on any atom is -0.489 e. The Kier molecular flexibility index (Phi) is 7.83. The molecule has 0 unspecified atom stereocenters. The van der Waals surface area contributed by atoms with Crippen LogP contribution in [-0.2, 0) is 6.42 Å². The third-order valence-corrected chi connectivity index (χ3v) is 8.52. The van der Waals surface area contributed by atoms with Gasteiger partial charge in [0.15, 0.2) is 0 Å². The molecule has 0 radical (unpaired) electrons. The van der Waals surface area contributed by atoms with Crippen LogP contribution >= 0.6 is 0 Å². The molecule has 0 saturated heterocycles. The highest BCUT2D eigenvalue weighted by molar-refractivity contribution is 6.21. The lowest BCUT2D eigenvalue weighted by atomic mass is 9.83. The highest BCUT2D eigenvalue weighted by Crippen LogP contribution is 2.47. The molecule has 0 bridgehead atoms. The van der Waals surface area contributed by atoms with Gasteiger partial charge in [0.25, 0.3) is 0 Å². The monoisotopic (exact) mass is 578 g/mol. The van der Waals surface area contributed by atoms with E-state index >= 15 is 0 Å². The predicted molar refractivity (Wildman–Crippen MR) is 193 cm³/mol. The summed E-state index contributed by atoms with van der Waals surface area (Å²) in [6.07, 6.45) is 4.46. The van der Waals surface area contributed by atoms with Gasteiger partial charge in [-0.25, -0.2) is 0 Å². The second kappa shape index (κ2) is 12.5. The molecule has 0 spiro atoms. The molecule has 0 saturated carbocycles. The smallest absolute Gasteiger partial charge is 0.131 e. The zero-order valence-electron chi connectivity index (χ0n) is 25.2. The molecule has 0 atom stereocenters. The van der Waals surface area contributed by atoms with Crippen LogP contribution in [0.15, 0.2) is 171 Å². The van der Waals surface area contributed by atoms with Crippen LogP contribution in [0.3, 0.4) is 0 Å². The first kappa shape index (κ1) is 28.1. The van der Waals surface area contributed by atoms with Crippen LogP contribution in [0.25, 0.3) is 66.1 Å². The molecule has 0 amide bonds. The van der Waals surface area contributed by atoms with Crippen molar-refractivity contribution in [3.05, 3.63) is 176 Å². The first-order chi connectivity index (χ1) is 22.3. The van der Waals surface area contributed by atoms with E-state index in [1.54, 1.807) is 0 Å². The summed E-state index contributed by atoms with van der Waals surface area (Å²) in [7, 11) is 0. The van der Waals surface area contributed by atoms with Crippen LogP contribution in [0.1, 0.15) is 5.56 Å². The quantitative estimate of drug-likeness (QED) is 0.122. The van der Waals surface area contributed by atoms with E-state index in [0.29, 0.717) is 13.0 Å². The van der Waals surface area contributed by atoms with E-state index < -0.39 is 0 Å². The number of ether oxygens (including phenoxy) is 1. The standard InChI is InChI=1S/C44H34O/c1-3-15-41-40(29-28-35(44(41)45-30-4-2)33-26-24-32(25-27-33)31-16-7-5-8-17-31)43-38-22-13-11-20-36(38)42(34-18-9-6-10-19-34)37-21-12-14-23-39(37)43/h3-14,16-29H,1-2,15,30H2. The van der Waals surface area contributed by atoms with Gasteiger partial charge in [-0.05, 0) is 66.9 Å². The first-order valence-electron chi connectivity index (χ1n) is 15.4. The van der Waals surface area contributed by atoms with E-state index in [2.05, 4.69) is 153 Å². The van der Waals surface area contributed by atoms with E-state index in [1.807, 2.05) is 18.2 Å². The van der Waals surface area contributed by atoms with Gasteiger partial charge in [0.2, 0.25) is 0 Å². The first-order valence-corrected chi connectivity index (χ1v) is 15.4. The molecular formula is C44H34O. The average molecular weight is 579 g/mol. The van der Waals surface area contributed by atoms with Gasteiger partial charge in [-0.3, -0.25) is 0 Å². The van der Waals surface area contributed by atoms with E-state index in [4.69, 9.17) is 4.74 Å². The summed E-state index contributed by atoms with van der Waals surface area (Å²) in [5.41, 5.74) is 10.5. The molecule has 0 aliphatic heterocycles. The van der Waals surface area contributed by atoms with Crippen molar-refractivity contribution in [2.75, 3.05) is 6.61 Å². The summed E-state index contributed by atoms with van der Waals surface area (Å²) >= 11 is 0. The molecule has 0 heterocycles. The Morgan fingerprint density at radius 2 is 0.889 bits per heavy atom. The van der Waals surface area contributed by atoms with Crippen LogP contribution in [0, 0.1) is 0 Å². The van der Waals surface area contributed by atoms with Gasteiger partial charge in [0.1, 0.15) is 12.4 Å². The SMILES string of the molecule is C=CCOc1c(-c2ccc(-c3ccccc3)cc2)ccc(-c2c3ccccc3c(-c3ccccc3)c3ccccc23)c1CC=C. The maximum Gasteiger partial charge on any atom is 0.131 e. The Balaban J connectivity index is 1.49.